The summed E-state index contributed by atoms with van der Waals surface area (Å²) in [5, 5.41) is 0. The molecule has 0 saturated heterocycles. The van der Waals surface area contributed by atoms with Gasteiger partial charge in [-0.25, -0.2) is 0 Å². The Hall–Kier alpha value is -1.12. The standard InChI is InChI=1S/C17H28O3/c1-3-5-7-8-10-20-17(19)13-15-12-16(18)11-14(15)9-6-4-2/h5,7,14-15H,3-4,6,8-13H2,1-2H3. The molecule has 0 bridgehead atoms. The number of ether oxygens (including phenoxy) is 1. The van der Waals surface area contributed by atoms with Gasteiger partial charge >= 0.3 is 5.97 Å². The lowest BCUT2D eigenvalue weighted by atomic mass is 9.89. The Labute approximate surface area is 122 Å². The molecule has 3 heteroatoms. The van der Waals surface area contributed by atoms with Crippen molar-refractivity contribution in [1.82, 2.24) is 0 Å². The lowest BCUT2D eigenvalue weighted by molar-refractivity contribution is -0.144. The lowest BCUT2D eigenvalue weighted by Gasteiger charge is -2.17. The van der Waals surface area contributed by atoms with Gasteiger partial charge in [-0.15, -0.1) is 0 Å². The average Bonchev–Trinajstić information content (AvgIpc) is 2.76. The van der Waals surface area contributed by atoms with Crippen LogP contribution in [-0.4, -0.2) is 18.4 Å². The number of hydrogen-bond donors (Lipinski definition) is 0. The van der Waals surface area contributed by atoms with E-state index >= 15 is 0 Å². The fourth-order valence-corrected chi connectivity index (χ4v) is 2.84. The first-order chi connectivity index (χ1) is 9.67. The van der Waals surface area contributed by atoms with Crippen LogP contribution >= 0.6 is 0 Å². The Morgan fingerprint density at radius 3 is 2.70 bits per heavy atom. The van der Waals surface area contributed by atoms with E-state index in [1.807, 2.05) is 6.08 Å². The number of hydrogen-bond acceptors (Lipinski definition) is 3. The first kappa shape index (κ1) is 16.9. The van der Waals surface area contributed by atoms with E-state index in [1.54, 1.807) is 0 Å². The zero-order chi connectivity index (χ0) is 14.8. The van der Waals surface area contributed by atoms with Crippen molar-refractivity contribution < 1.29 is 14.3 Å². The molecule has 1 rings (SSSR count). The largest absolute Gasteiger partial charge is 0.465 e. The maximum absolute atomic E-state index is 11.8. The molecule has 0 spiro atoms. The van der Waals surface area contributed by atoms with Gasteiger partial charge in [-0.3, -0.25) is 9.59 Å². The van der Waals surface area contributed by atoms with Gasteiger partial charge in [0.05, 0.1) is 6.61 Å². The Morgan fingerprint density at radius 1 is 1.25 bits per heavy atom. The highest BCUT2D eigenvalue weighted by Gasteiger charge is 2.33. The molecule has 0 aromatic carbocycles. The van der Waals surface area contributed by atoms with Crippen molar-refractivity contribution in [3.05, 3.63) is 12.2 Å². The number of rotatable bonds is 9. The van der Waals surface area contributed by atoms with Crippen molar-refractivity contribution in [3.63, 3.8) is 0 Å². The minimum Gasteiger partial charge on any atom is -0.465 e. The van der Waals surface area contributed by atoms with E-state index in [0.29, 0.717) is 37.6 Å². The van der Waals surface area contributed by atoms with Crippen LogP contribution in [0.2, 0.25) is 0 Å². The van der Waals surface area contributed by atoms with Crippen LogP contribution in [0.5, 0.6) is 0 Å². The molecule has 0 aliphatic heterocycles. The summed E-state index contributed by atoms with van der Waals surface area (Å²) in [6.07, 6.45) is 10.9. The Kier molecular flexibility index (Phi) is 8.24. The van der Waals surface area contributed by atoms with E-state index in [1.165, 1.54) is 0 Å². The third kappa shape index (κ3) is 6.36. The van der Waals surface area contributed by atoms with Crippen molar-refractivity contribution in [3.8, 4) is 0 Å². The summed E-state index contributed by atoms with van der Waals surface area (Å²) in [4.78, 5) is 23.4. The molecule has 3 nitrogen and oxygen atoms in total. The molecule has 0 radical (unpaired) electrons. The summed E-state index contributed by atoms with van der Waals surface area (Å²) in [7, 11) is 0. The van der Waals surface area contributed by atoms with Crippen molar-refractivity contribution in [1.29, 1.82) is 0 Å². The monoisotopic (exact) mass is 280 g/mol. The first-order valence-corrected chi connectivity index (χ1v) is 7.99. The predicted molar refractivity (Wildman–Crippen MR) is 80.4 cm³/mol. The number of allylic oxidation sites excluding steroid dienone is 1. The average molecular weight is 280 g/mol. The molecule has 2 unspecified atom stereocenters. The summed E-state index contributed by atoms with van der Waals surface area (Å²) < 4.78 is 5.24. The Morgan fingerprint density at radius 2 is 2.00 bits per heavy atom. The SMILES string of the molecule is CCC=CCCOC(=O)CC1CC(=O)CC1CCCC. The maximum Gasteiger partial charge on any atom is 0.306 e. The number of carbonyl (C=O) groups excluding carboxylic acids is 2. The predicted octanol–water partition coefficient (Wildman–Crippen LogP) is 4.06. The molecule has 0 aromatic rings. The van der Waals surface area contributed by atoms with Crippen LogP contribution in [0.25, 0.3) is 0 Å². The smallest absolute Gasteiger partial charge is 0.306 e. The third-order valence-corrected chi connectivity index (χ3v) is 3.95. The number of esters is 1. The molecule has 0 heterocycles. The number of Topliss-reactive ketones (excluding diaryl/α,β-unsaturated/α-hetero) is 1. The minimum absolute atomic E-state index is 0.143. The molecule has 0 N–H and O–H groups in total. The quantitative estimate of drug-likeness (QED) is 0.363. The van der Waals surface area contributed by atoms with Crippen LogP contribution in [-0.2, 0) is 14.3 Å². The van der Waals surface area contributed by atoms with Crippen LogP contribution in [0, 0.1) is 11.8 Å². The van der Waals surface area contributed by atoms with E-state index in [9.17, 15) is 9.59 Å². The molecule has 0 amide bonds. The van der Waals surface area contributed by atoms with E-state index in [4.69, 9.17) is 4.74 Å². The highest BCUT2D eigenvalue weighted by Crippen LogP contribution is 2.35. The van der Waals surface area contributed by atoms with Crippen molar-refractivity contribution in [2.75, 3.05) is 6.61 Å². The summed E-state index contributed by atoms with van der Waals surface area (Å²) in [6.45, 7) is 4.69. The summed E-state index contributed by atoms with van der Waals surface area (Å²) in [6, 6.07) is 0. The second kappa shape index (κ2) is 9.73. The first-order valence-electron chi connectivity index (χ1n) is 7.99. The van der Waals surface area contributed by atoms with Gasteiger partial charge in [-0.1, -0.05) is 38.8 Å². The van der Waals surface area contributed by atoms with Crippen molar-refractivity contribution >= 4 is 11.8 Å². The fourth-order valence-electron chi connectivity index (χ4n) is 2.84. The van der Waals surface area contributed by atoms with Crippen molar-refractivity contribution in [2.24, 2.45) is 11.8 Å². The van der Waals surface area contributed by atoms with Gasteiger partial charge in [-0.05, 0) is 31.1 Å². The van der Waals surface area contributed by atoms with Crippen LogP contribution in [0.1, 0.15) is 65.2 Å². The van der Waals surface area contributed by atoms with E-state index in [0.717, 1.165) is 32.1 Å². The highest BCUT2D eigenvalue weighted by molar-refractivity contribution is 5.82. The van der Waals surface area contributed by atoms with Gasteiger partial charge in [0.15, 0.2) is 0 Å². The summed E-state index contributed by atoms with van der Waals surface area (Å²) >= 11 is 0. The second-order valence-electron chi connectivity index (χ2n) is 5.70. The van der Waals surface area contributed by atoms with Crippen LogP contribution in [0.15, 0.2) is 12.2 Å². The summed E-state index contributed by atoms with van der Waals surface area (Å²) in [5.41, 5.74) is 0. The molecule has 1 fully saturated rings. The zero-order valence-electron chi connectivity index (χ0n) is 12.9. The number of unbranched alkanes of at least 4 members (excludes halogenated alkanes) is 1. The highest BCUT2D eigenvalue weighted by atomic mass is 16.5. The van der Waals surface area contributed by atoms with Crippen molar-refractivity contribution in [2.45, 2.75) is 65.2 Å². The minimum atomic E-state index is -0.143. The topological polar surface area (TPSA) is 43.4 Å². The molecule has 2 atom stereocenters. The molecule has 114 valence electrons. The lowest BCUT2D eigenvalue weighted by Crippen LogP contribution is -2.15. The molecular formula is C17H28O3. The molecule has 1 aliphatic carbocycles. The van der Waals surface area contributed by atoms with Crippen LogP contribution < -0.4 is 0 Å². The van der Waals surface area contributed by atoms with Gasteiger partial charge in [0, 0.05) is 19.3 Å². The van der Waals surface area contributed by atoms with E-state index in [-0.39, 0.29) is 11.9 Å². The van der Waals surface area contributed by atoms with Gasteiger partial charge in [-0.2, -0.15) is 0 Å². The normalized spacial score (nSPS) is 22.6. The van der Waals surface area contributed by atoms with Gasteiger partial charge in [0.1, 0.15) is 5.78 Å². The Balaban J connectivity index is 2.28. The maximum atomic E-state index is 11.8. The zero-order valence-corrected chi connectivity index (χ0v) is 12.9. The molecule has 1 aliphatic rings. The molecule has 20 heavy (non-hydrogen) atoms. The van der Waals surface area contributed by atoms with E-state index in [2.05, 4.69) is 19.9 Å². The van der Waals surface area contributed by atoms with Crippen LogP contribution in [0.3, 0.4) is 0 Å². The van der Waals surface area contributed by atoms with Crippen LogP contribution in [0.4, 0.5) is 0 Å². The second-order valence-corrected chi connectivity index (χ2v) is 5.70. The van der Waals surface area contributed by atoms with Gasteiger partial charge < -0.3 is 4.74 Å². The van der Waals surface area contributed by atoms with Gasteiger partial charge in [0.2, 0.25) is 0 Å². The number of carbonyl (C=O) groups is 2. The summed E-state index contributed by atoms with van der Waals surface area (Å²) in [5.74, 6) is 0.786. The van der Waals surface area contributed by atoms with E-state index < -0.39 is 0 Å². The molecule has 0 aromatic heterocycles. The fraction of sp³-hybridized carbons (Fsp3) is 0.765. The molecular weight excluding hydrogens is 252 g/mol. The van der Waals surface area contributed by atoms with Gasteiger partial charge in [0.25, 0.3) is 0 Å². The third-order valence-electron chi connectivity index (χ3n) is 3.95. The Bertz CT molecular complexity index is 333. The number of ketones is 1. The molecule has 1 saturated carbocycles.